The normalized spacial score (nSPS) is 12.7. The Kier molecular flexibility index (Phi) is 7.96. The van der Waals surface area contributed by atoms with Gasteiger partial charge in [0.25, 0.3) is 0 Å². The van der Waals surface area contributed by atoms with Crippen LogP contribution in [0.5, 0.6) is 0 Å². The van der Waals surface area contributed by atoms with Gasteiger partial charge in [-0.1, -0.05) is 57.0 Å². The third-order valence-corrected chi connectivity index (χ3v) is 3.86. The lowest BCUT2D eigenvalue weighted by molar-refractivity contribution is -0.0155. The summed E-state index contributed by atoms with van der Waals surface area (Å²) in [6.07, 6.45) is 3.18. The molecule has 1 aromatic carbocycles. The van der Waals surface area contributed by atoms with Gasteiger partial charge in [0.05, 0.1) is 18.2 Å². The van der Waals surface area contributed by atoms with Gasteiger partial charge in [-0.05, 0) is 31.7 Å². The smallest absolute Gasteiger partial charge is 0.407 e. The molecule has 0 bridgehead atoms. The van der Waals surface area contributed by atoms with Crippen molar-refractivity contribution in [3.05, 3.63) is 35.9 Å². The number of ether oxygens (including phenoxy) is 1. The van der Waals surface area contributed by atoms with Crippen molar-refractivity contribution in [1.82, 2.24) is 5.32 Å². The maximum absolute atomic E-state index is 11.9. The monoisotopic (exact) mass is 307 g/mol. The molecule has 0 unspecified atom stereocenters. The third kappa shape index (κ3) is 5.68. The van der Waals surface area contributed by atoms with Gasteiger partial charge in [-0.25, -0.2) is 4.79 Å². The number of aliphatic hydroxyl groups is 1. The Morgan fingerprint density at radius 1 is 1.18 bits per heavy atom. The van der Waals surface area contributed by atoms with Crippen molar-refractivity contribution in [3.8, 4) is 0 Å². The Morgan fingerprint density at radius 2 is 1.77 bits per heavy atom. The number of rotatable bonds is 9. The van der Waals surface area contributed by atoms with E-state index in [2.05, 4.69) is 5.32 Å². The largest absolute Gasteiger partial charge is 0.450 e. The highest BCUT2D eigenvalue weighted by Gasteiger charge is 2.36. The van der Waals surface area contributed by atoms with Gasteiger partial charge in [-0.15, -0.1) is 0 Å². The van der Waals surface area contributed by atoms with Crippen molar-refractivity contribution in [2.45, 2.75) is 64.5 Å². The zero-order chi connectivity index (χ0) is 16.4. The third-order valence-electron chi connectivity index (χ3n) is 3.86. The Balaban J connectivity index is 2.94. The summed E-state index contributed by atoms with van der Waals surface area (Å²) in [5, 5.41) is 13.9. The summed E-state index contributed by atoms with van der Waals surface area (Å²) in [7, 11) is 0. The summed E-state index contributed by atoms with van der Waals surface area (Å²) >= 11 is 0. The van der Waals surface area contributed by atoms with Gasteiger partial charge >= 0.3 is 6.09 Å². The minimum Gasteiger partial charge on any atom is -0.450 e. The predicted molar refractivity (Wildman–Crippen MR) is 88.9 cm³/mol. The lowest BCUT2D eigenvalue weighted by Gasteiger charge is -2.36. The molecule has 0 aliphatic heterocycles. The van der Waals surface area contributed by atoms with Crippen molar-refractivity contribution >= 4 is 6.09 Å². The minimum absolute atomic E-state index is 0.323. The predicted octanol–water partition coefficient (Wildman–Crippen LogP) is 3.68. The first-order chi connectivity index (χ1) is 10.6. The van der Waals surface area contributed by atoms with Crippen LogP contribution in [0.3, 0.4) is 0 Å². The van der Waals surface area contributed by atoms with Crippen LogP contribution in [0.2, 0.25) is 0 Å². The molecule has 1 aromatic rings. The molecule has 22 heavy (non-hydrogen) atoms. The maximum atomic E-state index is 11.9. The van der Waals surface area contributed by atoms with E-state index in [1.54, 1.807) is 6.92 Å². The number of carbonyl (C=O) groups excluding carboxylic acids is 1. The van der Waals surface area contributed by atoms with Gasteiger partial charge in [-0.2, -0.15) is 0 Å². The lowest BCUT2D eigenvalue weighted by Crippen LogP contribution is -2.54. The average molecular weight is 307 g/mol. The molecule has 124 valence electrons. The first kappa shape index (κ1) is 18.5. The molecule has 0 fully saturated rings. The van der Waals surface area contributed by atoms with E-state index in [0.717, 1.165) is 18.4 Å². The van der Waals surface area contributed by atoms with E-state index in [1.165, 1.54) is 0 Å². The first-order valence-electron chi connectivity index (χ1n) is 8.25. The molecule has 1 rings (SSSR count). The Hall–Kier alpha value is -1.55. The van der Waals surface area contributed by atoms with Crippen LogP contribution in [-0.2, 0) is 11.2 Å². The summed E-state index contributed by atoms with van der Waals surface area (Å²) in [6, 6.07) is 9.57. The van der Waals surface area contributed by atoms with E-state index in [4.69, 9.17) is 4.74 Å². The van der Waals surface area contributed by atoms with Gasteiger partial charge in [0.1, 0.15) is 0 Å². The van der Waals surface area contributed by atoms with Crippen LogP contribution in [0.15, 0.2) is 30.3 Å². The van der Waals surface area contributed by atoms with E-state index in [1.807, 2.05) is 44.2 Å². The van der Waals surface area contributed by atoms with Gasteiger partial charge in [0.2, 0.25) is 0 Å². The molecule has 0 aliphatic rings. The molecule has 0 spiro atoms. The molecule has 0 aromatic heterocycles. The molecule has 0 aliphatic carbocycles. The fourth-order valence-corrected chi connectivity index (χ4v) is 2.88. The molecular weight excluding hydrogens is 278 g/mol. The van der Waals surface area contributed by atoms with Crippen molar-refractivity contribution in [2.75, 3.05) is 6.61 Å². The second-order valence-corrected chi connectivity index (χ2v) is 5.71. The summed E-state index contributed by atoms with van der Waals surface area (Å²) in [5.74, 6) is 0. The summed E-state index contributed by atoms with van der Waals surface area (Å²) in [5.41, 5.74) is 0.182. The van der Waals surface area contributed by atoms with E-state index in [-0.39, 0.29) is 6.04 Å². The van der Waals surface area contributed by atoms with E-state index >= 15 is 0 Å². The van der Waals surface area contributed by atoms with Crippen LogP contribution < -0.4 is 5.32 Å². The highest BCUT2D eigenvalue weighted by atomic mass is 16.5. The molecule has 1 atom stereocenters. The topological polar surface area (TPSA) is 58.6 Å². The van der Waals surface area contributed by atoms with E-state index in [0.29, 0.717) is 25.9 Å². The van der Waals surface area contributed by atoms with Crippen LogP contribution in [0.4, 0.5) is 4.79 Å². The average Bonchev–Trinajstić information content (AvgIpc) is 2.48. The molecule has 1 amide bonds. The van der Waals surface area contributed by atoms with Gasteiger partial charge in [-0.3, -0.25) is 0 Å². The number of alkyl carbamates (subject to hydrolysis) is 1. The van der Waals surface area contributed by atoms with Crippen LogP contribution in [0.1, 0.15) is 52.0 Å². The van der Waals surface area contributed by atoms with E-state index in [9.17, 15) is 9.90 Å². The molecular formula is C18H29NO3. The minimum atomic E-state index is -0.911. The molecule has 0 radical (unpaired) electrons. The highest BCUT2D eigenvalue weighted by Crippen LogP contribution is 2.26. The molecule has 0 saturated carbocycles. The van der Waals surface area contributed by atoms with Crippen LogP contribution in [0.25, 0.3) is 0 Å². The van der Waals surface area contributed by atoms with Crippen LogP contribution in [-0.4, -0.2) is 29.4 Å². The number of carbonyl (C=O) groups is 1. The van der Waals surface area contributed by atoms with Crippen molar-refractivity contribution in [1.29, 1.82) is 0 Å². The molecule has 0 heterocycles. The second kappa shape index (κ2) is 9.46. The number of hydrogen-bond donors (Lipinski definition) is 2. The Bertz CT molecular complexity index is 427. The lowest BCUT2D eigenvalue weighted by atomic mass is 9.82. The van der Waals surface area contributed by atoms with Gasteiger partial charge in [0.15, 0.2) is 0 Å². The molecule has 0 saturated heterocycles. The van der Waals surface area contributed by atoms with Crippen LogP contribution in [0, 0.1) is 0 Å². The van der Waals surface area contributed by atoms with Crippen molar-refractivity contribution in [2.24, 2.45) is 0 Å². The quantitative estimate of drug-likeness (QED) is 0.731. The fraction of sp³-hybridized carbons (Fsp3) is 0.611. The number of benzene rings is 1. The maximum Gasteiger partial charge on any atom is 0.407 e. The molecule has 2 N–H and O–H groups in total. The van der Waals surface area contributed by atoms with E-state index < -0.39 is 11.7 Å². The Labute approximate surface area is 133 Å². The number of amides is 1. The molecule has 4 nitrogen and oxygen atoms in total. The zero-order valence-electron chi connectivity index (χ0n) is 14.0. The van der Waals surface area contributed by atoms with Crippen molar-refractivity contribution in [3.63, 3.8) is 0 Å². The first-order valence-corrected chi connectivity index (χ1v) is 8.25. The standard InChI is InChI=1S/C18H29NO3/c1-4-12-18(21,13-5-2)16(19-17(20)22-6-3)14-15-10-8-7-9-11-15/h7-11,16,21H,4-6,12-14H2,1-3H3,(H,19,20)/t16-/m0/s1. The number of hydrogen-bond acceptors (Lipinski definition) is 3. The Morgan fingerprint density at radius 3 is 2.27 bits per heavy atom. The van der Waals surface area contributed by atoms with Gasteiger partial charge in [0, 0.05) is 0 Å². The fourth-order valence-electron chi connectivity index (χ4n) is 2.88. The zero-order valence-corrected chi connectivity index (χ0v) is 14.0. The molecule has 4 heteroatoms. The summed E-state index contributed by atoms with van der Waals surface area (Å²) < 4.78 is 5.00. The summed E-state index contributed by atoms with van der Waals surface area (Å²) in [6.45, 7) is 6.19. The second-order valence-electron chi connectivity index (χ2n) is 5.71. The summed E-state index contributed by atoms with van der Waals surface area (Å²) in [4.78, 5) is 11.9. The number of nitrogens with one attached hydrogen (secondary N) is 1. The SMILES string of the molecule is CCCC(O)(CCC)[C@H](Cc1ccccc1)NC(=O)OCC. The van der Waals surface area contributed by atoms with Crippen LogP contribution >= 0.6 is 0 Å². The highest BCUT2D eigenvalue weighted by molar-refractivity contribution is 5.67. The van der Waals surface area contributed by atoms with Crippen molar-refractivity contribution < 1.29 is 14.6 Å². The van der Waals surface area contributed by atoms with Gasteiger partial charge < -0.3 is 15.2 Å².